The van der Waals surface area contributed by atoms with Crippen LogP contribution in [-0.4, -0.2) is 33.9 Å². The Bertz CT molecular complexity index is 925. The van der Waals surface area contributed by atoms with Crippen LogP contribution in [0.3, 0.4) is 0 Å². The van der Waals surface area contributed by atoms with Crippen LogP contribution < -0.4 is 0 Å². The van der Waals surface area contributed by atoms with Gasteiger partial charge >= 0.3 is 5.97 Å². The summed E-state index contributed by atoms with van der Waals surface area (Å²) in [6.45, 7) is 0.102. The van der Waals surface area contributed by atoms with Crippen molar-refractivity contribution in [3.8, 4) is 0 Å². The first-order valence-corrected chi connectivity index (χ1v) is 11.1. The van der Waals surface area contributed by atoms with Crippen LogP contribution >= 0.6 is 0 Å². The fraction of sp³-hybridized carbons (Fsp3) is 0.480. The molecule has 1 heterocycles. The van der Waals surface area contributed by atoms with Crippen molar-refractivity contribution in [1.82, 2.24) is 9.88 Å². The highest BCUT2D eigenvalue weighted by molar-refractivity contribution is 5.89. The normalized spacial score (nSPS) is 28.4. The molecule has 0 saturated heterocycles. The predicted octanol–water partition coefficient (Wildman–Crippen LogP) is 4.38. The molecule has 0 N–H and O–H groups in total. The third-order valence-corrected chi connectivity index (χ3v) is 7.33. The average Bonchev–Trinajstić information content (AvgIpc) is 2.76. The van der Waals surface area contributed by atoms with Gasteiger partial charge < -0.3 is 9.64 Å². The predicted molar refractivity (Wildman–Crippen MR) is 112 cm³/mol. The van der Waals surface area contributed by atoms with E-state index in [9.17, 15) is 14.0 Å². The molecule has 1 aromatic heterocycles. The van der Waals surface area contributed by atoms with Crippen molar-refractivity contribution in [2.45, 2.75) is 50.6 Å². The number of halogens is 1. The molecular weight excluding hydrogens is 395 g/mol. The number of ether oxygens (including phenoxy) is 1. The molecule has 0 aliphatic heterocycles. The van der Waals surface area contributed by atoms with Crippen LogP contribution in [0.5, 0.6) is 0 Å². The molecule has 6 heteroatoms. The fourth-order valence-corrected chi connectivity index (χ4v) is 6.45. The van der Waals surface area contributed by atoms with Gasteiger partial charge in [-0.3, -0.25) is 4.79 Å². The maximum Gasteiger partial charge on any atom is 0.357 e. The summed E-state index contributed by atoms with van der Waals surface area (Å²) in [6.07, 6.45) is 8.38. The van der Waals surface area contributed by atoms with Gasteiger partial charge in [0.25, 0.3) is 5.91 Å². The molecule has 5 nitrogen and oxygen atoms in total. The zero-order valence-corrected chi connectivity index (χ0v) is 17.5. The summed E-state index contributed by atoms with van der Waals surface area (Å²) in [4.78, 5) is 31.7. The number of hydrogen-bond acceptors (Lipinski definition) is 4. The highest BCUT2D eigenvalue weighted by atomic mass is 19.1. The Hall–Kier alpha value is -2.76. The number of carbonyl (C=O) groups is 2. The van der Waals surface area contributed by atoms with E-state index < -0.39 is 5.97 Å². The van der Waals surface area contributed by atoms with Gasteiger partial charge in [-0.05, 0) is 86.1 Å². The van der Waals surface area contributed by atoms with Gasteiger partial charge in [0, 0.05) is 18.3 Å². The Labute approximate surface area is 181 Å². The highest BCUT2D eigenvalue weighted by Gasteiger charge is 2.54. The van der Waals surface area contributed by atoms with Crippen molar-refractivity contribution in [3.63, 3.8) is 0 Å². The van der Waals surface area contributed by atoms with Crippen molar-refractivity contribution < 1.29 is 18.7 Å². The molecule has 0 radical (unpaired) electrons. The van der Waals surface area contributed by atoms with Crippen molar-refractivity contribution in [1.29, 1.82) is 0 Å². The van der Waals surface area contributed by atoms with Crippen LogP contribution in [0.15, 0.2) is 48.7 Å². The van der Waals surface area contributed by atoms with Crippen molar-refractivity contribution in [2.24, 2.45) is 17.8 Å². The zero-order valence-electron chi connectivity index (χ0n) is 17.5. The molecule has 31 heavy (non-hydrogen) atoms. The number of pyridine rings is 1. The van der Waals surface area contributed by atoms with Gasteiger partial charge in [-0.2, -0.15) is 0 Å². The maximum atomic E-state index is 13.4. The van der Waals surface area contributed by atoms with Gasteiger partial charge in [-0.1, -0.05) is 18.2 Å². The van der Waals surface area contributed by atoms with Crippen LogP contribution in [0.2, 0.25) is 0 Å². The quantitative estimate of drug-likeness (QED) is 0.649. The van der Waals surface area contributed by atoms with E-state index in [1.807, 2.05) is 4.90 Å². The number of esters is 1. The summed E-state index contributed by atoms with van der Waals surface area (Å²) in [5.41, 5.74) is 0.897. The molecule has 4 fully saturated rings. The first-order chi connectivity index (χ1) is 15.0. The number of hydrogen-bond donors (Lipinski definition) is 0. The average molecular weight is 423 g/mol. The second-order valence-corrected chi connectivity index (χ2v) is 9.54. The maximum absolute atomic E-state index is 13.4. The largest absolute Gasteiger partial charge is 0.451 e. The summed E-state index contributed by atoms with van der Waals surface area (Å²) >= 11 is 0. The van der Waals surface area contributed by atoms with Gasteiger partial charge in [0.15, 0.2) is 6.61 Å². The standard InChI is InChI=1S/C25H27FN2O3/c26-21-6-4-17(5-7-21)15-28(23(29)16-31-24(30)22-3-1-2-8-27-22)25-12-18-9-19(13-25)11-20(10-18)14-25/h1-8,18-20H,9-16H2. The van der Waals surface area contributed by atoms with Crippen molar-refractivity contribution >= 4 is 11.9 Å². The van der Waals surface area contributed by atoms with Gasteiger partial charge in [0.2, 0.25) is 0 Å². The lowest BCUT2D eigenvalue weighted by atomic mass is 9.52. The molecule has 0 unspecified atom stereocenters. The molecular formula is C25H27FN2O3. The molecule has 4 aliphatic carbocycles. The Morgan fingerprint density at radius 2 is 1.65 bits per heavy atom. The van der Waals surface area contributed by atoms with E-state index >= 15 is 0 Å². The number of benzene rings is 1. The van der Waals surface area contributed by atoms with E-state index in [4.69, 9.17) is 4.74 Å². The second-order valence-electron chi connectivity index (χ2n) is 9.54. The van der Waals surface area contributed by atoms with Crippen molar-refractivity contribution in [3.05, 3.63) is 65.7 Å². The Morgan fingerprint density at radius 3 is 2.23 bits per heavy atom. The minimum atomic E-state index is -0.596. The molecule has 2 aromatic rings. The Morgan fingerprint density at radius 1 is 1.00 bits per heavy atom. The molecule has 4 bridgehead atoms. The van der Waals surface area contributed by atoms with E-state index in [-0.39, 0.29) is 29.6 Å². The molecule has 1 amide bonds. The summed E-state index contributed by atoms with van der Waals surface area (Å²) in [7, 11) is 0. The second kappa shape index (κ2) is 8.06. The lowest BCUT2D eigenvalue weighted by molar-refractivity contribution is -0.155. The zero-order chi connectivity index (χ0) is 21.4. The smallest absolute Gasteiger partial charge is 0.357 e. The summed E-state index contributed by atoms with van der Waals surface area (Å²) in [5.74, 6) is 0.944. The first-order valence-electron chi connectivity index (χ1n) is 11.1. The van der Waals surface area contributed by atoms with Crippen LogP contribution in [0.25, 0.3) is 0 Å². The van der Waals surface area contributed by atoms with Gasteiger partial charge in [-0.25, -0.2) is 14.2 Å². The first kappa shape index (κ1) is 20.2. The third kappa shape index (κ3) is 4.08. The van der Waals surface area contributed by atoms with Crippen LogP contribution in [-0.2, 0) is 16.1 Å². The monoisotopic (exact) mass is 422 g/mol. The molecule has 162 valence electrons. The third-order valence-electron chi connectivity index (χ3n) is 7.33. The van der Waals surface area contributed by atoms with E-state index in [0.717, 1.165) is 24.8 Å². The molecule has 0 spiro atoms. The van der Waals surface area contributed by atoms with E-state index in [1.54, 1.807) is 30.3 Å². The van der Waals surface area contributed by atoms with E-state index in [2.05, 4.69) is 4.98 Å². The minimum absolute atomic E-state index is 0.183. The summed E-state index contributed by atoms with van der Waals surface area (Å²) in [6, 6.07) is 11.3. The Balaban J connectivity index is 1.36. The van der Waals surface area contributed by atoms with Gasteiger partial charge in [-0.15, -0.1) is 0 Å². The SMILES string of the molecule is O=C(OCC(=O)N(Cc1ccc(F)cc1)C12CC3CC(CC(C3)C1)C2)c1ccccn1. The topological polar surface area (TPSA) is 59.5 Å². The number of nitrogens with zero attached hydrogens (tertiary/aromatic N) is 2. The van der Waals surface area contributed by atoms with Crippen LogP contribution in [0.1, 0.15) is 54.6 Å². The molecule has 6 rings (SSSR count). The van der Waals surface area contributed by atoms with Crippen LogP contribution in [0, 0.1) is 23.6 Å². The number of amides is 1. The molecule has 0 atom stereocenters. The van der Waals surface area contributed by atoms with Crippen LogP contribution in [0.4, 0.5) is 4.39 Å². The van der Waals surface area contributed by atoms with Crippen molar-refractivity contribution in [2.75, 3.05) is 6.61 Å². The molecule has 4 saturated carbocycles. The Kier molecular flexibility index (Phi) is 5.24. The van der Waals surface area contributed by atoms with Gasteiger partial charge in [0.05, 0.1) is 0 Å². The number of carbonyl (C=O) groups excluding carboxylic acids is 2. The number of aromatic nitrogens is 1. The highest BCUT2D eigenvalue weighted by Crippen LogP contribution is 2.58. The van der Waals surface area contributed by atoms with E-state index in [1.165, 1.54) is 37.6 Å². The lowest BCUT2D eigenvalue weighted by Gasteiger charge is -2.60. The number of rotatable bonds is 6. The summed E-state index contributed by atoms with van der Waals surface area (Å²) < 4.78 is 18.8. The van der Waals surface area contributed by atoms with Gasteiger partial charge in [0.1, 0.15) is 11.5 Å². The minimum Gasteiger partial charge on any atom is -0.451 e. The lowest BCUT2D eigenvalue weighted by Crippen LogP contribution is -2.61. The fourth-order valence-electron chi connectivity index (χ4n) is 6.45. The summed E-state index contributed by atoms with van der Waals surface area (Å²) in [5, 5.41) is 0. The molecule has 1 aromatic carbocycles. The van der Waals surface area contributed by atoms with E-state index in [0.29, 0.717) is 24.3 Å². The molecule has 4 aliphatic rings.